The summed E-state index contributed by atoms with van der Waals surface area (Å²) in [6.07, 6.45) is 0.620. The van der Waals surface area contributed by atoms with Gasteiger partial charge in [0, 0.05) is 11.9 Å². The molecule has 1 fully saturated rings. The van der Waals surface area contributed by atoms with Crippen molar-refractivity contribution < 1.29 is 37.0 Å². The van der Waals surface area contributed by atoms with Crippen molar-refractivity contribution in [2.24, 2.45) is 0 Å². The number of ether oxygens (including phenoxy) is 2. The van der Waals surface area contributed by atoms with Gasteiger partial charge >= 0.3 is 5.92 Å². The number of halogens is 3. The summed E-state index contributed by atoms with van der Waals surface area (Å²) >= 11 is 0. The Morgan fingerprint density at radius 1 is 1.06 bits per heavy atom. The number of likely N-dealkylation sites (tertiary alicyclic amines) is 1. The zero-order chi connectivity index (χ0) is 24.6. The Bertz CT molecular complexity index is 1230. The summed E-state index contributed by atoms with van der Waals surface area (Å²) in [7, 11) is 0. The standard InChI is InChI=1S/C25H25F3N2O5/c26-17-4-6-19-16(11-17)13-22(35-19)25(27,28)24(32)29-18(14-30-7-1-2-8-30)23(31)15-3-5-20-21(12-15)34-10-9-33-20/h3-6,11-13,18,23,31H,1-2,7-10,14H2,(H,29,32)/t18-,23-/m1/s1. The number of furan rings is 1. The van der Waals surface area contributed by atoms with Gasteiger partial charge in [-0.25, -0.2) is 4.39 Å². The number of rotatable bonds is 7. The molecule has 2 atom stereocenters. The molecule has 5 rings (SSSR count). The van der Waals surface area contributed by atoms with Gasteiger partial charge in [0.25, 0.3) is 5.91 Å². The highest BCUT2D eigenvalue weighted by Gasteiger charge is 2.46. The molecular formula is C25H25F3N2O5. The molecule has 10 heteroatoms. The highest BCUT2D eigenvalue weighted by molar-refractivity contribution is 5.87. The molecule has 1 amide bonds. The Morgan fingerprint density at radius 3 is 2.57 bits per heavy atom. The number of hydrogen-bond donors (Lipinski definition) is 2. The number of amides is 1. The van der Waals surface area contributed by atoms with Gasteiger partial charge in [0.2, 0.25) is 0 Å². The minimum absolute atomic E-state index is 0.0406. The molecule has 2 aliphatic rings. The van der Waals surface area contributed by atoms with E-state index in [9.17, 15) is 14.3 Å². The Balaban J connectivity index is 1.39. The number of aliphatic hydroxyl groups is 1. The molecule has 3 aromatic rings. The maximum Gasteiger partial charge on any atom is 0.380 e. The number of carbonyl (C=O) groups is 1. The van der Waals surface area contributed by atoms with Gasteiger partial charge in [-0.2, -0.15) is 8.78 Å². The van der Waals surface area contributed by atoms with E-state index in [1.807, 2.05) is 4.90 Å². The third-order valence-corrected chi connectivity index (χ3v) is 6.33. The molecule has 35 heavy (non-hydrogen) atoms. The molecular weight excluding hydrogens is 465 g/mol. The molecule has 0 bridgehead atoms. The summed E-state index contributed by atoms with van der Waals surface area (Å²) in [6.45, 7) is 2.43. The van der Waals surface area contributed by atoms with Crippen molar-refractivity contribution in [1.82, 2.24) is 10.2 Å². The van der Waals surface area contributed by atoms with Crippen LogP contribution >= 0.6 is 0 Å². The summed E-state index contributed by atoms with van der Waals surface area (Å²) in [6, 6.07) is 8.14. The number of aliphatic hydroxyl groups excluding tert-OH is 1. The lowest BCUT2D eigenvalue weighted by molar-refractivity contribution is -0.151. The van der Waals surface area contributed by atoms with Crippen LogP contribution in [0.5, 0.6) is 11.5 Å². The van der Waals surface area contributed by atoms with E-state index in [2.05, 4.69) is 5.32 Å². The van der Waals surface area contributed by atoms with Crippen LogP contribution in [0.3, 0.4) is 0 Å². The van der Waals surface area contributed by atoms with Crippen molar-refractivity contribution >= 4 is 16.9 Å². The molecule has 0 aliphatic carbocycles. The van der Waals surface area contributed by atoms with Crippen LogP contribution in [0.2, 0.25) is 0 Å². The summed E-state index contributed by atoms with van der Waals surface area (Å²) in [5, 5.41) is 13.6. The Labute approximate surface area is 199 Å². The third kappa shape index (κ3) is 4.81. The summed E-state index contributed by atoms with van der Waals surface area (Å²) < 4.78 is 59.9. The Kier molecular flexibility index (Phi) is 6.33. The normalized spacial score (nSPS) is 17.9. The van der Waals surface area contributed by atoms with E-state index >= 15 is 8.78 Å². The van der Waals surface area contributed by atoms with Crippen molar-refractivity contribution in [1.29, 1.82) is 0 Å². The fourth-order valence-electron chi connectivity index (χ4n) is 4.48. The molecule has 3 heterocycles. The largest absolute Gasteiger partial charge is 0.486 e. The second kappa shape index (κ2) is 9.43. The second-order valence-electron chi connectivity index (χ2n) is 8.80. The monoisotopic (exact) mass is 490 g/mol. The lowest BCUT2D eigenvalue weighted by Crippen LogP contribution is -2.50. The molecule has 0 saturated carbocycles. The van der Waals surface area contributed by atoms with E-state index in [4.69, 9.17) is 13.9 Å². The van der Waals surface area contributed by atoms with Gasteiger partial charge in [-0.15, -0.1) is 0 Å². The molecule has 0 radical (unpaired) electrons. The van der Waals surface area contributed by atoms with Crippen LogP contribution in [-0.4, -0.2) is 54.8 Å². The predicted molar refractivity (Wildman–Crippen MR) is 120 cm³/mol. The lowest BCUT2D eigenvalue weighted by atomic mass is 10.0. The SMILES string of the molecule is O=C(N[C@H](CN1CCCC1)[C@H](O)c1ccc2c(c1)OCCO2)C(F)(F)c1cc2cc(F)ccc2o1. The average Bonchev–Trinajstić information content (AvgIpc) is 3.52. The fourth-order valence-corrected chi connectivity index (χ4v) is 4.48. The number of benzene rings is 2. The molecule has 1 saturated heterocycles. The van der Waals surface area contributed by atoms with Crippen molar-refractivity contribution in [3.8, 4) is 11.5 Å². The quantitative estimate of drug-likeness (QED) is 0.525. The lowest BCUT2D eigenvalue weighted by Gasteiger charge is -2.30. The fraction of sp³-hybridized carbons (Fsp3) is 0.400. The van der Waals surface area contributed by atoms with E-state index in [0.29, 0.717) is 30.3 Å². The minimum Gasteiger partial charge on any atom is -0.486 e. The number of nitrogens with one attached hydrogen (secondary N) is 1. The van der Waals surface area contributed by atoms with Crippen LogP contribution in [0.4, 0.5) is 13.2 Å². The van der Waals surface area contributed by atoms with Crippen LogP contribution in [0, 0.1) is 5.82 Å². The van der Waals surface area contributed by atoms with Crippen molar-refractivity contribution in [2.75, 3.05) is 32.8 Å². The minimum atomic E-state index is -4.04. The van der Waals surface area contributed by atoms with Gasteiger partial charge in [0.05, 0.1) is 6.04 Å². The highest BCUT2D eigenvalue weighted by Crippen LogP contribution is 2.36. The molecule has 186 valence electrons. The molecule has 2 aliphatic heterocycles. The average molecular weight is 490 g/mol. The molecule has 0 unspecified atom stereocenters. The summed E-state index contributed by atoms with van der Waals surface area (Å²) in [4.78, 5) is 14.8. The predicted octanol–water partition coefficient (Wildman–Crippen LogP) is 3.75. The van der Waals surface area contributed by atoms with Gasteiger partial charge in [-0.1, -0.05) is 6.07 Å². The number of fused-ring (bicyclic) bond motifs is 2. The third-order valence-electron chi connectivity index (χ3n) is 6.33. The van der Waals surface area contributed by atoms with Gasteiger partial charge in [0.1, 0.15) is 30.7 Å². The zero-order valence-electron chi connectivity index (χ0n) is 18.8. The highest BCUT2D eigenvalue weighted by atomic mass is 19.3. The first kappa shape index (κ1) is 23.5. The molecule has 2 N–H and O–H groups in total. The van der Waals surface area contributed by atoms with Crippen LogP contribution in [0.25, 0.3) is 11.0 Å². The first-order valence-electron chi connectivity index (χ1n) is 11.5. The molecule has 0 spiro atoms. The Morgan fingerprint density at radius 2 is 1.80 bits per heavy atom. The van der Waals surface area contributed by atoms with Crippen molar-refractivity contribution in [3.63, 3.8) is 0 Å². The van der Waals surface area contributed by atoms with Crippen molar-refractivity contribution in [2.45, 2.75) is 30.9 Å². The van der Waals surface area contributed by atoms with E-state index < -0.39 is 35.6 Å². The molecule has 1 aromatic heterocycles. The first-order chi connectivity index (χ1) is 16.8. The van der Waals surface area contributed by atoms with Gasteiger partial charge in [-0.3, -0.25) is 4.79 Å². The van der Waals surface area contributed by atoms with E-state index in [0.717, 1.165) is 44.1 Å². The second-order valence-corrected chi connectivity index (χ2v) is 8.80. The van der Waals surface area contributed by atoms with E-state index in [-0.39, 0.29) is 17.5 Å². The number of nitrogens with zero attached hydrogens (tertiary/aromatic N) is 1. The van der Waals surface area contributed by atoms with Crippen LogP contribution in [0.15, 0.2) is 46.9 Å². The molecule has 2 aromatic carbocycles. The topological polar surface area (TPSA) is 84.2 Å². The smallest absolute Gasteiger partial charge is 0.380 e. The first-order valence-corrected chi connectivity index (χ1v) is 11.5. The number of hydrogen-bond acceptors (Lipinski definition) is 6. The van der Waals surface area contributed by atoms with Gasteiger partial charge < -0.3 is 29.2 Å². The maximum atomic E-state index is 15.1. The van der Waals surface area contributed by atoms with Crippen LogP contribution in [-0.2, 0) is 10.7 Å². The summed E-state index contributed by atoms with van der Waals surface area (Å²) in [5.74, 6) is -6.18. The Hall–Kier alpha value is -3.24. The van der Waals surface area contributed by atoms with Gasteiger partial charge in [0.15, 0.2) is 17.3 Å². The van der Waals surface area contributed by atoms with E-state index in [1.54, 1.807) is 18.2 Å². The molecule has 7 nitrogen and oxygen atoms in total. The van der Waals surface area contributed by atoms with E-state index in [1.165, 1.54) is 6.07 Å². The zero-order valence-corrected chi connectivity index (χ0v) is 18.8. The van der Waals surface area contributed by atoms with Crippen LogP contribution < -0.4 is 14.8 Å². The van der Waals surface area contributed by atoms with Crippen molar-refractivity contribution in [3.05, 3.63) is 59.6 Å². The summed E-state index contributed by atoms with van der Waals surface area (Å²) in [5.41, 5.74) is 0.445. The van der Waals surface area contributed by atoms with Gasteiger partial charge in [-0.05, 0) is 67.9 Å². The number of alkyl halides is 2. The maximum absolute atomic E-state index is 15.1. The van der Waals surface area contributed by atoms with Crippen LogP contribution in [0.1, 0.15) is 30.3 Å². The number of carbonyl (C=O) groups excluding carboxylic acids is 1.